The number of hydrogen-bond donors (Lipinski definition) is 6. The van der Waals surface area contributed by atoms with Crippen molar-refractivity contribution < 1.29 is 48.5 Å². The van der Waals surface area contributed by atoms with E-state index in [0.717, 1.165) is 63.5 Å². The second-order valence-corrected chi connectivity index (χ2v) is 18.2. The molecule has 0 radical (unpaired) electrons. The number of phenolic OH excluding ortho intramolecular Hbond substituents is 2. The lowest BCUT2D eigenvalue weighted by atomic mass is 9.77. The lowest BCUT2D eigenvalue weighted by Gasteiger charge is -2.36. The highest BCUT2D eigenvalue weighted by atomic mass is 32.2. The number of rotatable bonds is 22. The number of amides is 4. The van der Waals surface area contributed by atoms with Gasteiger partial charge in [-0.1, -0.05) is 49.5 Å². The summed E-state index contributed by atoms with van der Waals surface area (Å²) in [5.74, 6) is 1.91. The number of azide groups is 1. The Bertz CT molecular complexity index is 2200. The first-order valence-electron chi connectivity index (χ1n) is 23.3. The lowest BCUT2D eigenvalue weighted by Crippen LogP contribution is -2.36. The molecule has 4 aliphatic rings. The molecule has 2 fully saturated rings. The van der Waals surface area contributed by atoms with Crippen LogP contribution in [0, 0.1) is 0 Å². The molecule has 0 aliphatic carbocycles. The highest BCUT2D eigenvalue weighted by Gasteiger charge is 2.53. The van der Waals surface area contributed by atoms with Gasteiger partial charge in [0.05, 0.1) is 17.6 Å². The number of Topliss-reactive ketones (excluding diaryl/α,β-unsaturated/α-hetero) is 2. The number of phenols is 2. The predicted octanol–water partition coefficient (Wildman–Crippen LogP) is 8.38. The summed E-state index contributed by atoms with van der Waals surface area (Å²) >= 11 is 1.91. The van der Waals surface area contributed by atoms with Gasteiger partial charge in [-0.2, -0.15) is 11.8 Å². The van der Waals surface area contributed by atoms with E-state index in [2.05, 4.69) is 38.2 Å². The van der Waals surface area contributed by atoms with Crippen molar-refractivity contribution >= 4 is 47.1 Å². The third kappa shape index (κ3) is 14.9. The van der Waals surface area contributed by atoms with Gasteiger partial charge in [-0.15, -0.1) is 0 Å². The van der Waals surface area contributed by atoms with E-state index in [9.17, 15) is 39.0 Å². The maximum atomic E-state index is 12.5. The normalized spacial score (nSPS) is 17.4. The number of aromatic hydroxyl groups is 2. The molecule has 67 heavy (non-hydrogen) atoms. The monoisotopic (exact) mass is 941 g/mol. The fraction of sp³-hybridized carbons (Fsp3) is 0.510. The van der Waals surface area contributed by atoms with Gasteiger partial charge in [0, 0.05) is 96.5 Å². The minimum absolute atomic E-state index is 0.00973. The van der Waals surface area contributed by atoms with Gasteiger partial charge in [0.25, 0.3) is 0 Å². The Kier molecular flexibility index (Phi) is 20.2. The fourth-order valence-corrected chi connectivity index (χ4v) is 9.94. The van der Waals surface area contributed by atoms with Gasteiger partial charge >= 0.3 is 12.0 Å². The van der Waals surface area contributed by atoms with Crippen LogP contribution in [0.25, 0.3) is 10.4 Å². The van der Waals surface area contributed by atoms with Crippen LogP contribution in [0.5, 0.6) is 23.0 Å². The number of esters is 1. The highest BCUT2D eigenvalue weighted by Crippen LogP contribution is 2.56. The minimum atomic E-state index is -1.17. The molecule has 18 heteroatoms. The summed E-state index contributed by atoms with van der Waals surface area (Å²) in [6.07, 6.45) is 11.8. The van der Waals surface area contributed by atoms with E-state index in [1.54, 1.807) is 24.3 Å². The van der Waals surface area contributed by atoms with Gasteiger partial charge in [0.1, 0.15) is 34.6 Å². The van der Waals surface area contributed by atoms with Crippen molar-refractivity contribution in [3.8, 4) is 23.0 Å². The van der Waals surface area contributed by atoms with Crippen molar-refractivity contribution in [1.29, 1.82) is 0 Å². The van der Waals surface area contributed by atoms with Crippen LogP contribution in [0.3, 0.4) is 0 Å². The Balaban J connectivity index is 0.000000194. The Labute approximate surface area is 395 Å². The number of ketones is 2. The van der Waals surface area contributed by atoms with E-state index >= 15 is 0 Å². The summed E-state index contributed by atoms with van der Waals surface area (Å²) in [6.45, 7) is 5.26. The van der Waals surface area contributed by atoms with Crippen LogP contribution in [0.2, 0.25) is 0 Å². The third-order valence-corrected chi connectivity index (χ3v) is 13.3. The molecule has 0 aromatic heterocycles. The number of fused-ring (bicyclic) bond motifs is 7. The quantitative estimate of drug-likeness (QED) is 0.0139. The topological polar surface area (TPSA) is 258 Å². The van der Waals surface area contributed by atoms with Crippen LogP contribution < -0.4 is 26.0 Å². The average Bonchev–Trinajstić information content (AvgIpc) is 3.96. The summed E-state index contributed by atoms with van der Waals surface area (Å²) in [5, 5.41) is 35.1. The SMILES string of the molecule is CC(=O)CCCNC(=O)CCCCN=[N+]=[N-].CCCCCC(=O)CCCNC(=O)CCCCC1SCC2NC(=O)NC21.O=C1OC2(c3ccc(O)cc3Oc3cc(O)ccc32)c2ccccc21. The summed E-state index contributed by atoms with van der Waals surface area (Å²) in [4.78, 5) is 71.8. The molecule has 4 amide bonds. The molecule has 2 saturated heterocycles. The van der Waals surface area contributed by atoms with Gasteiger partial charge < -0.3 is 45.7 Å². The Morgan fingerprint density at radius 1 is 0.791 bits per heavy atom. The molecule has 360 valence electrons. The van der Waals surface area contributed by atoms with E-state index in [0.29, 0.717) is 103 Å². The zero-order valence-electron chi connectivity index (χ0n) is 38.4. The summed E-state index contributed by atoms with van der Waals surface area (Å²) in [6, 6.07) is 17.1. The number of carbonyl (C=O) groups excluding carboxylic acids is 6. The van der Waals surface area contributed by atoms with Crippen LogP contribution in [0.15, 0.2) is 65.8 Å². The molecule has 3 aromatic carbocycles. The van der Waals surface area contributed by atoms with Crippen molar-refractivity contribution in [2.24, 2.45) is 5.11 Å². The number of unbranched alkanes of at least 4 members (excludes halogenated alkanes) is 4. The molecule has 3 unspecified atom stereocenters. The Morgan fingerprint density at radius 2 is 1.40 bits per heavy atom. The molecule has 3 aromatic rings. The number of nitrogens with one attached hydrogen (secondary N) is 4. The van der Waals surface area contributed by atoms with E-state index in [4.69, 9.17) is 15.0 Å². The average molecular weight is 942 g/mol. The predicted molar refractivity (Wildman–Crippen MR) is 254 cm³/mol. The summed E-state index contributed by atoms with van der Waals surface area (Å²) in [5.41, 5.74) is 9.30. The van der Waals surface area contributed by atoms with E-state index in [-0.39, 0.29) is 47.2 Å². The maximum Gasteiger partial charge on any atom is 0.340 e. The number of ether oxygens (including phenoxy) is 2. The van der Waals surface area contributed by atoms with Crippen molar-refractivity contribution in [2.75, 3.05) is 25.4 Å². The van der Waals surface area contributed by atoms with Gasteiger partial charge in [-0.05, 0) is 87.7 Å². The highest BCUT2D eigenvalue weighted by molar-refractivity contribution is 8.00. The number of carbonyl (C=O) groups is 6. The lowest BCUT2D eigenvalue weighted by molar-refractivity contribution is -0.122. The van der Waals surface area contributed by atoms with Crippen molar-refractivity contribution in [2.45, 2.75) is 133 Å². The zero-order chi connectivity index (χ0) is 48.2. The van der Waals surface area contributed by atoms with Crippen molar-refractivity contribution in [3.05, 3.63) is 93.4 Å². The summed E-state index contributed by atoms with van der Waals surface area (Å²) in [7, 11) is 0. The van der Waals surface area contributed by atoms with Gasteiger partial charge in [0.2, 0.25) is 11.8 Å². The van der Waals surface area contributed by atoms with Crippen molar-refractivity contribution in [3.63, 3.8) is 0 Å². The van der Waals surface area contributed by atoms with Crippen LogP contribution >= 0.6 is 11.8 Å². The van der Waals surface area contributed by atoms with E-state index in [1.807, 2.05) is 23.9 Å². The smallest absolute Gasteiger partial charge is 0.340 e. The number of nitrogens with zero attached hydrogens (tertiary/aromatic N) is 3. The third-order valence-electron chi connectivity index (χ3n) is 11.8. The van der Waals surface area contributed by atoms with Gasteiger partial charge in [-0.25, -0.2) is 9.59 Å². The number of urea groups is 1. The second-order valence-electron chi connectivity index (χ2n) is 17.0. The van der Waals surface area contributed by atoms with Crippen LogP contribution in [0.1, 0.15) is 137 Å². The standard InChI is InChI=1S/C20H12O5.C19H33N3O3S.C10H18N4O2/c21-11-5-7-15-17(9-11)24-18-10-12(22)6-8-16(18)20(15)14-4-2-1-3-13(14)19(23)25-20;1-2-3-4-8-14(23)9-7-12-20-17(24)11-6-5-10-16-18-15(13-26-16)21-19(25)22-18;1-9(15)5-4-7-12-10(16)6-2-3-8-13-14-11/h1-10,21-22H;15-16,18H,2-13H2,1H3,(H,20,24)(H2,21,22,25);2-8H2,1H3,(H,12,16). The minimum Gasteiger partial charge on any atom is -0.508 e. The molecule has 7 rings (SSSR count). The molecule has 3 atom stereocenters. The first-order chi connectivity index (χ1) is 32.4. The van der Waals surface area contributed by atoms with E-state index in [1.165, 1.54) is 31.2 Å². The molecule has 17 nitrogen and oxygen atoms in total. The summed E-state index contributed by atoms with van der Waals surface area (Å²) < 4.78 is 11.8. The fourth-order valence-electron chi connectivity index (χ4n) is 8.39. The molecule has 4 aliphatic heterocycles. The Hall–Kier alpha value is -6.26. The molecule has 1 spiro atoms. The number of benzene rings is 3. The molecular weight excluding hydrogens is 879 g/mol. The Morgan fingerprint density at radius 3 is 2.04 bits per heavy atom. The molecule has 4 heterocycles. The second kappa shape index (κ2) is 26.2. The maximum absolute atomic E-state index is 12.5. The first kappa shape index (κ1) is 51.7. The first-order valence-corrected chi connectivity index (χ1v) is 24.3. The van der Waals surface area contributed by atoms with Crippen LogP contribution in [-0.4, -0.2) is 88.3 Å². The van der Waals surface area contributed by atoms with E-state index < -0.39 is 11.6 Å². The van der Waals surface area contributed by atoms with Crippen LogP contribution in [0.4, 0.5) is 4.79 Å². The molecular formula is C49H63N7O10S. The van der Waals surface area contributed by atoms with Gasteiger partial charge in [0.15, 0.2) is 5.60 Å². The van der Waals surface area contributed by atoms with Crippen molar-refractivity contribution in [1.82, 2.24) is 21.3 Å². The number of thioether (sulfide) groups is 1. The molecule has 6 N–H and O–H groups in total. The van der Waals surface area contributed by atoms with Gasteiger partial charge in [-0.3, -0.25) is 14.4 Å². The molecule has 0 bridgehead atoms. The van der Waals surface area contributed by atoms with Crippen LogP contribution in [-0.2, 0) is 29.5 Å². The zero-order valence-corrected chi connectivity index (χ0v) is 39.2. The number of hydrogen-bond acceptors (Lipinski definition) is 12. The molecule has 0 saturated carbocycles. The largest absolute Gasteiger partial charge is 0.508 e.